The van der Waals surface area contributed by atoms with Crippen LogP contribution in [0.4, 0.5) is 5.69 Å². The predicted octanol–water partition coefficient (Wildman–Crippen LogP) is 5.26. The van der Waals surface area contributed by atoms with Crippen LogP contribution in [0.5, 0.6) is 11.5 Å². The van der Waals surface area contributed by atoms with Gasteiger partial charge in [-0.15, -0.1) is 0 Å². The van der Waals surface area contributed by atoms with Crippen molar-refractivity contribution in [2.24, 2.45) is 0 Å². The Kier molecular flexibility index (Phi) is 5.97. The molecule has 1 fully saturated rings. The van der Waals surface area contributed by atoms with Crippen LogP contribution in [0, 0.1) is 13.8 Å². The topological polar surface area (TPSA) is 56.6 Å². The van der Waals surface area contributed by atoms with Crippen molar-refractivity contribution in [3.63, 3.8) is 0 Å². The lowest BCUT2D eigenvalue weighted by Crippen LogP contribution is -2.26. The van der Waals surface area contributed by atoms with E-state index >= 15 is 0 Å². The van der Waals surface area contributed by atoms with E-state index in [4.69, 9.17) is 14.5 Å². The van der Waals surface area contributed by atoms with Crippen molar-refractivity contribution < 1.29 is 14.3 Å². The second-order valence-electron chi connectivity index (χ2n) is 8.78. The number of amides is 1. The Morgan fingerprint density at radius 2 is 1.65 bits per heavy atom. The van der Waals surface area contributed by atoms with Gasteiger partial charge in [-0.2, -0.15) is 0 Å². The number of carbonyl (C=O) groups is 1. The van der Waals surface area contributed by atoms with Crippen LogP contribution in [0.3, 0.4) is 0 Å². The Labute approximate surface area is 199 Å². The number of benzene rings is 3. The number of ether oxygens (including phenoxy) is 2. The molecule has 2 heterocycles. The van der Waals surface area contributed by atoms with Crippen molar-refractivity contribution in [1.82, 2.24) is 9.55 Å². The summed E-state index contributed by atoms with van der Waals surface area (Å²) in [6.07, 6.45) is 0.455. The Balaban J connectivity index is 1.40. The molecule has 34 heavy (non-hydrogen) atoms. The maximum atomic E-state index is 13.1. The van der Waals surface area contributed by atoms with Crippen molar-refractivity contribution in [2.45, 2.75) is 32.7 Å². The first-order chi connectivity index (χ1) is 16.5. The largest absolute Gasteiger partial charge is 0.497 e. The van der Waals surface area contributed by atoms with Crippen LogP contribution in [-0.4, -0.2) is 35.7 Å². The molecule has 1 amide bonds. The second kappa shape index (κ2) is 9.21. The third kappa shape index (κ3) is 4.12. The average molecular weight is 456 g/mol. The van der Waals surface area contributed by atoms with E-state index in [-0.39, 0.29) is 11.8 Å². The minimum Gasteiger partial charge on any atom is -0.497 e. The number of anilines is 1. The number of para-hydroxylation sites is 3. The van der Waals surface area contributed by atoms with Gasteiger partial charge in [0.25, 0.3) is 0 Å². The van der Waals surface area contributed by atoms with Gasteiger partial charge in [-0.25, -0.2) is 4.98 Å². The van der Waals surface area contributed by atoms with E-state index in [1.165, 1.54) is 0 Å². The fourth-order valence-corrected chi connectivity index (χ4v) is 4.90. The molecule has 0 bridgehead atoms. The summed E-state index contributed by atoms with van der Waals surface area (Å²) in [7, 11) is 1.65. The highest BCUT2D eigenvalue weighted by Crippen LogP contribution is 2.36. The maximum Gasteiger partial charge on any atom is 0.227 e. The van der Waals surface area contributed by atoms with E-state index in [1.54, 1.807) is 7.11 Å². The first-order valence-electron chi connectivity index (χ1n) is 11.6. The Morgan fingerprint density at radius 1 is 0.941 bits per heavy atom. The van der Waals surface area contributed by atoms with E-state index in [2.05, 4.69) is 36.6 Å². The smallest absolute Gasteiger partial charge is 0.227 e. The minimum atomic E-state index is 0.0277. The predicted molar refractivity (Wildman–Crippen MR) is 134 cm³/mol. The van der Waals surface area contributed by atoms with Crippen molar-refractivity contribution in [3.8, 4) is 11.5 Å². The fourth-order valence-electron chi connectivity index (χ4n) is 4.90. The van der Waals surface area contributed by atoms with Crippen LogP contribution in [0.15, 0.2) is 66.7 Å². The van der Waals surface area contributed by atoms with Crippen molar-refractivity contribution in [2.75, 3.05) is 25.2 Å². The number of carbonyl (C=O) groups excluding carboxylic acids is 1. The standard InChI is InChI=1S/C28H29N3O3/c1-19-7-6-8-20(2)27(19)31-18-21(17-26(31)32)28-29-24-9-4-5-10-25(24)30(28)15-16-34-23-13-11-22(33-3)12-14-23/h4-14,21H,15-18H2,1-3H3. The molecule has 174 valence electrons. The van der Waals surface area contributed by atoms with Crippen LogP contribution in [0.2, 0.25) is 0 Å². The van der Waals surface area contributed by atoms with Crippen LogP contribution in [-0.2, 0) is 11.3 Å². The molecule has 1 aliphatic heterocycles. The number of imidazole rings is 1. The van der Waals surface area contributed by atoms with Gasteiger partial charge in [0, 0.05) is 24.6 Å². The SMILES string of the molecule is COc1ccc(OCCn2c(C3CC(=O)N(c4c(C)cccc4C)C3)nc3ccccc32)cc1. The summed E-state index contributed by atoms with van der Waals surface area (Å²) >= 11 is 0. The highest BCUT2D eigenvalue weighted by Gasteiger charge is 2.35. The fraction of sp³-hybridized carbons (Fsp3) is 0.286. The molecule has 0 saturated carbocycles. The molecule has 6 heteroatoms. The molecule has 0 N–H and O–H groups in total. The summed E-state index contributed by atoms with van der Waals surface area (Å²) in [4.78, 5) is 20.0. The second-order valence-corrected chi connectivity index (χ2v) is 8.78. The Morgan fingerprint density at radius 3 is 2.38 bits per heavy atom. The van der Waals surface area contributed by atoms with E-state index in [1.807, 2.05) is 53.4 Å². The molecule has 0 radical (unpaired) electrons. The van der Waals surface area contributed by atoms with E-state index in [9.17, 15) is 4.79 Å². The quantitative estimate of drug-likeness (QED) is 0.381. The third-order valence-corrected chi connectivity index (χ3v) is 6.53. The number of hydrogen-bond donors (Lipinski definition) is 0. The van der Waals surface area contributed by atoms with Gasteiger partial charge in [0.2, 0.25) is 5.91 Å². The van der Waals surface area contributed by atoms with Crippen LogP contribution in [0.1, 0.15) is 29.3 Å². The first kappa shape index (κ1) is 22.0. The Hall–Kier alpha value is -3.80. The third-order valence-electron chi connectivity index (χ3n) is 6.53. The molecule has 4 aromatic rings. The summed E-state index contributed by atoms with van der Waals surface area (Å²) in [5.41, 5.74) is 5.28. The van der Waals surface area contributed by atoms with Crippen LogP contribution in [0.25, 0.3) is 11.0 Å². The van der Waals surface area contributed by atoms with E-state index in [0.717, 1.165) is 45.2 Å². The lowest BCUT2D eigenvalue weighted by Gasteiger charge is -2.21. The van der Waals surface area contributed by atoms with Gasteiger partial charge < -0.3 is 18.9 Å². The molecule has 1 unspecified atom stereocenters. The summed E-state index contributed by atoms with van der Waals surface area (Å²) in [6.45, 7) is 5.91. The van der Waals surface area contributed by atoms with Gasteiger partial charge in [-0.3, -0.25) is 4.79 Å². The zero-order chi connectivity index (χ0) is 23.7. The normalized spacial score (nSPS) is 15.8. The first-order valence-corrected chi connectivity index (χ1v) is 11.6. The molecule has 1 aromatic heterocycles. The molecule has 6 nitrogen and oxygen atoms in total. The molecule has 5 rings (SSSR count). The molecule has 1 atom stereocenters. The van der Waals surface area contributed by atoms with Gasteiger partial charge in [-0.1, -0.05) is 30.3 Å². The van der Waals surface area contributed by atoms with Gasteiger partial charge in [0.15, 0.2) is 0 Å². The highest BCUT2D eigenvalue weighted by atomic mass is 16.5. The monoisotopic (exact) mass is 455 g/mol. The number of rotatable bonds is 7. The number of methoxy groups -OCH3 is 1. The van der Waals surface area contributed by atoms with Gasteiger partial charge in [-0.05, 0) is 61.4 Å². The van der Waals surface area contributed by atoms with Gasteiger partial charge in [0.05, 0.1) is 24.7 Å². The molecule has 0 spiro atoms. The highest BCUT2D eigenvalue weighted by molar-refractivity contribution is 5.98. The molecule has 1 aliphatic rings. The zero-order valence-electron chi connectivity index (χ0n) is 19.8. The van der Waals surface area contributed by atoms with Gasteiger partial charge in [0.1, 0.15) is 23.9 Å². The van der Waals surface area contributed by atoms with Crippen molar-refractivity contribution in [3.05, 3.63) is 83.7 Å². The summed E-state index contributed by atoms with van der Waals surface area (Å²) in [5, 5.41) is 0. The zero-order valence-corrected chi connectivity index (χ0v) is 19.8. The molecule has 1 saturated heterocycles. The number of aryl methyl sites for hydroxylation is 2. The summed E-state index contributed by atoms with van der Waals surface area (Å²) in [6, 6.07) is 21.9. The number of fused-ring (bicyclic) bond motifs is 1. The average Bonchev–Trinajstić information content (AvgIpc) is 3.40. The van der Waals surface area contributed by atoms with E-state index in [0.29, 0.717) is 26.1 Å². The van der Waals surface area contributed by atoms with E-state index < -0.39 is 0 Å². The summed E-state index contributed by atoms with van der Waals surface area (Å²) < 4.78 is 13.4. The van der Waals surface area contributed by atoms with Gasteiger partial charge >= 0.3 is 0 Å². The lowest BCUT2D eigenvalue weighted by molar-refractivity contribution is -0.117. The van der Waals surface area contributed by atoms with Crippen LogP contribution < -0.4 is 14.4 Å². The minimum absolute atomic E-state index is 0.0277. The maximum absolute atomic E-state index is 13.1. The summed E-state index contributed by atoms with van der Waals surface area (Å²) in [5.74, 6) is 2.72. The van der Waals surface area contributed by atoms with Crippen molar-refractivity contribution in [1.29, 1.82) is 0 Å². The Bertz CT molecular complexity index is 1310. The molecular weight excluding hydrogens is 426 g/mol. The number of nitrogens with zero attached hydrogens (tertiary/aromatic N) is 3. The van der Waals surface area contributed by atoms with Crippen LogP contribution >= 0.6 is 0 Å². The molecular formula is C28H29N3O3. The molecule has 3 aromatic carbocycles. The number of aromatic nitrogens is 2. The number of hydrogen-bond acceptors (Lipinski definition) is 4. The lowest BCUT2D eigenvalue weighted by atomic mass is 10.1. The van der Waals surface area contributed by atoms with Crippen molar-refractivity contribution >= 4 is 22.6 Å². The molecule has 0 aliphatic carbocycles.